The van der Waals surface area contributed by atoms with E-state index in [9.17, 15) is 0 Å². The lowest BCUT2D eigenvalue weighted by Gasteiger charge is -2.08. The van der Waals surface area contributed by atoms with E-state index in [1.807, 2.05) is 6.07 Å². The molecule has 0 bridgehead atoms. The minimum atomic E-state index is 0.384. The van der Waals surface area contributed by atoms with Crippen LogP contribution in [0.15, 0.2) is 23.7 Å². The molecule has 2 heterocycles. The zero-order valence-electron chi connectivity index (χ0n) is 9.90. The zero-order valence-corrected chi connectivity index (χ0v) is 11.5. The number of aryl methyl sites for hydroxylation is 1. The van der Waals surface area contributed by atoms with E-state index in [4.69, 9.17) is 16.9 Å². The quantitative estimate of drug-likeness (QED) is 0.924. The predicted octanol–water partition coefficient (Wildman–Crippen LogP) is 3.84. The number of nitrogens with one attached hydrogen (secondary N) is 1. The van der Waals surface area contributed by atoms with Crippen LogP contribution in [0.1, 0.15) is 22.9 Å². The first-order chi connectivity index (χ1) is 8.76. The van der Waals surface area contributed by atoms with Crippen molar-refractivity contribution in [3.63, 3.8) is 0 Å². The van der Waals surface area contributed by atoms with E-state index in [1.54, 1.807) is 23.6 Å². The first kappa shape index (κ1) is 12.9. The Kier molecular flexibility index (Phi) is 4.19. The first-order valence-corrected chi connectivity index (χ1v) is 6.85. The standard InChI is InChI=1S/C13H12ClN3S/c1-2-9-4-6-18-11(9)8-17-13-12(14)10(7-15)3-5-16-13/h3-6H,2,8H2,1H3,(H,16,17). The van der Waals surface area contributed by atoms with Crippen LogP contribution >= 0.6 is 22.9 Å². The summed E-state index contributed by atoms with van der Waals surface area (Å²) < 4.78 is 0. The van der Waals surface area contributed by atoms with Crippen molar-refractivity contribution in [2.24, 2.45) is 0 Å². The van der Waals surface area contributed by atoms with E-state index in [1.165, 1.54) is 10.4 Å². The topological polar surface area (TPSA) is 48.7 Å². The highest BCUT2D eigenvalue weighted by atomic mass is 35.5. The van der Waals surface area contributed by atoms with Crippen LogP contribution in [0.2, 0.25) is 5.02 Å². The van der Waals surface area contributed by atoms with Crippen molar-refractivity contribution < 1.29 is 0 Å². The Hall–Kier alpha value is -1.57. The van der Waals surface area contributed by atoms with Gasteiger partial charge in [-0.2, -0.15) is 5.26 Å². The average molecular weight is 278 g/mol. The maximum absolute atomic E-state index is 8.89. The molecule has 2 aromatic heterocycles. The third-order valence-corrected chi connectivity index (χ3v) is 3.99. The minimum absolute atomic E-state index is 0.384. The van der Waals surface area contributed by atoms with Gasteiger partial charge in [-0.3, -0.25) is 0 Å². The molecule has 3 nitrogen and oxygen atoms in total. The molecule has 2 aromatic rings. The summed E-state index contributed by atoms with van der Waals surface area (Å²) in [7, 11) is 0. The number of nitrogens with zero attached hydrogens (tertiary/aromatic N) is 2. The van der Waals surface area contributed by atoms with E-state index < -0.39 is 0 Å². The van der Waals surface area contributed by atoms with E-state index in [-0.39, 0.29) is 0 Å². The van der Waals surface area contributed by atoms with E-state index in [2.05, 4.69) is 28.7 Å². The third kappa shape index (κ3) is 2.63. The summed E-state index contributed by atoms with van der Waals surface area (Å²) in [5.41, 5.74) is 1.77. The molecule has 0 radical (unpaired) electrons. The number of anilines is 1. The van der Waals surface area contributed by atoms with Gasteiger partial charge in [-0.25, -0.2) is 4.98 Å². The Morgan fingerprint density at radius 2 is 2.33 bits per heavy atom. The van der Waals surface area contributed by atoms with Gasteiger partial charge in [-0.15, -0.1) is 11.3 Å². The largest absolute Gasteiger partial charge is 0.364 e. The molecule has 0 saturated heterocycles. The number of nitriles is 1. The second-order valence-electron chi connectivity index (χ2n) is 3.71. The number of halogens is 1. The molecule has 0 fully saturated rings. The molecule has 0 saturated carbocycles. The molecule has 0 aliphatic heterocycles. The molecular formula is C13H12ClN3S. The molecule has 0 aliphatic rings. The second kappa shape index (κ2) is 5.85. The molecule has 0 aromatic carbocycles. The van der Waals surface area contributed by atoms with Crippen LogP contribution in [0.4, 0.5) is 5.82 Å². The Bertz CT molecular complexity index is 586. The van der Waals surface area contributed by atoms with Crippen molar-refractivity contribution in [1.29, 1.82) is 5.26 Å². The number of hydrogen-bond donors (Lipinski definition) is 1. The van der Waals surface area contributed by atoms with Gasteiger partial charge < -0.3 is 5.32 Å². The summed E-state index contributed by atoms with van der Waals surface area (Å²) in [4.78, 5) is 5.43. The van der Waals surface area contributed by atoms with Gasteiger partial charge in [0.2, 0.25) is 0 Å². The summed E-state index contributed by atoms with van der Waals surface area (Å²) in [6.07, 6.45) is 2.60. The maximum Gasteiger partial charge on any atom is 0.146 e. The smallest absolute Gasteiger partial charge is 0.146 e. The molecule has 0 spiro atoms. The number of thiophene rings is 1. The highest BCUT2D eigenvalue weighted by molar-refractivity contribution is 7.10. The van der Waals surface area contributed by atoms with Crippen molar-refractivity contribution in [3.8, 4) is 6.07 Å². The Morgan fingerprint density at radius 1 is 1.50 bits per heavy atom. The fourth-order valence-electron chi connectivity index (χ4n) is 1.65. The molecule has 0 atom stereocenters. The molecule has 5 heteroatoms. The first-order valence-electron chi connectivity index (χ1n) is 5.60. The summed E-state index contributed by atoms with van der Waals surface area (Å²) >= 11 is 7.79. The van der Waals surface area contributed by atoms with E-state index in [0.717, 1.165) is 6.42 Å². The van der Waals surface area contributed by atoms with Gasteiger partial charge in [0.1, 0.15) is 16.9 Å². The number of aromatic nitrogens is 1. The van der Waals surface area contributed by atoms with Gasteiger partial charge in [0, 0.05) is 11.1 Å². The number of pyridine rings is 1. The van der Waals surface area contributed by atoms with Crippen LogP contribution in [0.5, 0.6) is 0 Å². The predicted molar refractivity (Wildman–Crippen MR) is 75.0 cm³/mol. The van der Waals surface area contributed by atoms with Crippen LogP contribution in [0, 0.1) is 11.3 Å². The Labute approximate surface area is 115 Å². The lowest BCUT2D eigenvalue weighted by atomic mass is 10.2. The van der Waals surface area contributed by atoms with Crippen LogP contribution in [0.25, 0.3) is 0 Å². The summed E-state index contributed by atoms with van der Waals surface area (Å²) in [5, 5.41) is 14.5. The summed E-state index contributed by atoms with van der Waals surface area (Å²) in [6.45, 7) is 2.82. The minimum Gasteiger partial charge on any atom is -0.364 e. The van der Waals surface area contributed by atoms with Crippen molar-refractivity contribution in [2.45, 2.75) is 19.9 Å². The lowest BCUT2D eigenvalue weighted by molar-refractivity contribution is 1.07. The summed E-state index contributed by atoms with van der Waals surface area (Å²) in [6, 6.07) is 5.78. The van der Waals surface area contributed by atoms with Gasteiger partial charge in [0.15, 0.2) is 0 Å². The van der Waals surface area contributed by atoms with Crippen LogP contribution in [-0.4, -0.2) is 4.98 Å². The van der Waals surface area contributed by atoms with Crippen molar-refractivity contribution in [2.75, 3.05) is 5.32 Å². The highest BCUT2D eigenvalue weighted by Gasteiger charge is 2.08. The van der Waals surface area contributed by atoms with Gasteiger partial charge in [0.25, 0.3) is 0 Å². The van der Waals surface area contributed by atoms with Crippen molar-refractivity contribution in [1.82, 2.24) is 4.98 Å². The molecule has 1 N–H and O–H groups in total. The van der Waals surface area contributed by atoms with Crippen molar-refractivity contribution in [3.05, 3.63) is 44.7 Å². The SMILES string of the molecule is CCc1ccsc1CNc1nccc(C#N)c1Cl. The molecule has 0 unspecified atom stereocenters. The molecule has 0 aliphatic carbocycles. The average Bonchev–Trinajstić information content (AvgIpc) is 2.85. The molecule has 92 valence electrons. The van der Waals surface area contributed by atoms with Gasteiger partial charge in [-0.1, -0.05) is 18.5 Å². The zero-order chi connectivity index (χ0) is 13.0. The van der Waals surface area contributed by atoms with Crippen LogP contribution in [-0.2, 0) is 13.0 Å². The van der Waals surface area contributed by atoms with Crippen LogP contribution in [0.3, 0.4) is 0 Å². The fourth-order valence-corrected chi connectivity index (χ4v) is 2.79. The molecule has 0 amide bonds. The van der Waals surface area contributed by atoms with E-state index in [0.29, 0.717) is 22.9 Å². The Balaban J connectivity index is 2.14. The summed E-state index contributed by atoms with van der Waals surface area (Å²) in [5.74, 6) is 0.561. The maximum atomic E-state index is 8.89. The number of rotatable bonds is 4. The fraction of sp³-hybridized carbons (Fsp3) is 0.231. The van der Waals surface area contributed by atoms with Gasteiger partial charge in [-0.05, 0) is 29.5 Å². The number of hydrogen-bond acceptors (Lipinski definition) is 4. The molecule has 2 rings (SSSR count). The molecule has 18 heavy (non-hydrogen) atoms. The monoisotopic (exact) mass is 277 g/mol. The Morgan fingerprint density at radius 3 is 3.06 bits per heavy atom. The highest BCUT2D eigenvalue weighted by Crippen LogP contribution is 2.24. The van der Waals surface area contributed by atoms with E-state index >= 15 is 0 Å². The molecular weight excluding hydrogens is 266 g/mol. The van der Waals surface area contributed by atoms with Gasteiger partial charge >= 0.3 is 0 Å². The second-order valence-corrected chi connectivity index (χ2v) is 5.09. The third-order valence-electron chi connectivity index (χ3n) is 2.64. The normalized spacial score (nSPS) is 10.1. The lowest BCUT2D eigenvalue weighted by Crippen LogP contribution is -2.02. The van der Waals surface area contributed by atoms with Gasteiger partial charge in [0.05, 0.1) is 12.1 Å². The van der Waals surface area contributed by atoms with Crippen LogP contribution < -0.4 is 5.32 Å². The van der Waals surface area contributed by atoms with Crippen molar-refractivity contribution >= 4 is 28.8 Å².